The number of benzene rings is 1. The molecule has 1 saturated heterocycles. The van der Waals surface area contributed by atoms with Gasteiger partial charge in [-0.25, -0.2) is 4.39 Å². The van der Waals surface area contributed by atoms with Crippen molar-refractivity contribution in [1.82, 2.24) is 5.32 Å². The molecule has 0 radical (unpaired) electrons. The smallest absolute Gasteiger partial charge is 0.130 e. The summed E-state index contributed by atoms with van der Waals surface area (Å²) in [4.78, 5) is 0. The molecule has 0 aliphatic carbocycles. The van der Waals surface area contributed by atoms with Gasteiger partial charge < -0.3 is 10.7 Å². The van der Waals surface area contributed by atoms with Gasteiger partial charge in [0.05, 0.1) is 11.4 Å². The first-order valence-corrected chi connectivity index (χ1v) is 6.07. The van der Waals surface area contributed by atoms with Crippen molar-refractivity contribution >= 4 is 11.4 Å². The lowest BCUT2D eigenvalue weighted by molar-refractivity contribution is 0.221. The van der Waals surface area contributed by atoms with Crippen molar-refractivity contribution < 1.29 is 4.39 Å². The number of halogens is 1. The topological polar surface area (TPSA) is 59.7 Å². The maximum atomic E-state index is 13.7. The van der Waals surface area contributed by atoms with Crippen molar-refractivity contribution in [2.45, 2.75) is 19.5 Å². The van der Waals surface area contributed by atoms with Gasteiger partial charge in [-0.15, -0.1) is 0 Å². The minimum atomic E-state index is -1.37. The van der Waals surface area contributed by atoms with E-state index in [0.29, 0.717) is 16.8 Å². The molecule has 3 N–H and O–H groups in total. The number of alkyl halides is 1. The summed E-state index contributed by atoms with van der Waals surface area (Å²) in [5.41, 5.74) is 0.507. The summed E-state index contributed by atoms with van der Waals surface area (Å²) >= 11 is 0. The number of rotatable bonds is 4. The average Bonchev–Trinajstić information content (AvgIpc) is 2.24. The molecule has 0 amide bonds. The van der Waals surface area contributed by atoms with Gasteiger partial charge in [0.15, 0.2) is 0 Å². The van der Waals surface area contributed by atoms with Gasteiger partial charge in [-0.3, -0.25) is 5.41 Å². The normalized spacial score (nSPS) is 16.2. The molecular weight excluding hydrogens is 229 g/mol. The van der Waals surface area contributed by atoms with Gasteiger partial charge in [-0.2, -0.15) is 0 Å². The first-order valence-electron chi connectivity index (χ1n) is 6.07. The Kier molecular flexibility index (Phi) is 3.30. The van der Waals surface area contributed by atoms with Gasteiger partial charge in [0.1, 0.15) is 5.67 Å². The highest BCUT2D eigenvalue weighted by atomic mass is 19.1. The third-order valence-corrected chi connectivity index (χ3v) is 3.32. The molecule has 4 heteroatoms. The molecule has 1 aliphatic rings. The average molecular weight is 247 g/mol. The van der Waals surface area contributed by atoms with E-state index in [2.05, 4.69) is 5.32 Å². The van der Waals surface area contributed by atoms with E-state index in [-0.39, 0.29) is 11.6 Å². The van der Waals surface area contributed by atoms with Crippen LogP contribution in [0.2, 0.25) is 0 Å². The summed E-state index contributed by atoms with van der Waals surface area (Å²) in [6, 6.07) is 6.83. The van der Waals surface area contributed by atoms with Crippen LogP contribution in [0.4, 0.5) is 4.39 Å². The third-order valence-electron chi connectivity index (χ3n) is 3.32. The second-order valence-corrected chi connectivity index (χ2v) is 5.19. The lowest BCUT2D eigenvalue weighted by Crippen LogP contribution is -2.48. The molecule has 3 nitrogen and oxygen atoms in total. The molecule has 18 heavy (non-hydrogen) atoms. The minimum Gasteiger partial charge on any atom is -0.315 e. The Hall–Kier alpha value is -1.55. The van der Waals surface area contributed by atoms with Crippen molar-refractivity contribution in [3.05, 3.63) is 35.4 Å². The molecule has 1 fully saturated rings. The molecule has 0 atom stereocenters. The van der Waals surface area contributed by atoms with Crippen LogP contribution in [0.1, 0.15) is 25.0 Å². The fourth-order valence-corrected chi connectivity index (χ4v) is 1.89. The molecule has 0 spiro atoms. The van der Waals surface area contributed by atoms with Crippen LogP contribution in [0.5, 0.6) is 0 Å². The molecule has 96 valence electrons. The minimum absolute atomic E-state index is 0.148. The van der Waals surface area contributed by atoms with Crippen molar-refractivity contribution in [2.24, 2.45) is 5.92 Å². The zero-order valence-electron chi connectivity index (χ0n) is 10.7. The largest absolute Gasteiger partial charge is 0.315 e. The van der Waals surface area contributed by atoms with Crippen molar-refractivity contribution in [1.29, 1.82) is 10.8 Å². The molecule has 1 aromatic rings. The SMILES string of the molecule is CC(C)(F)c1ccc(C(=N)C(=N)C2CNC2)cc1. The highest BCUT2D eigenvalue weighted by Gasteiger charge is 2.25. The molecule has 0 bridgehead atoms. The van der Waals surface area contributed by atoms with Crippen LogP contribution < -0.4 is 5.32 Å². The highest BCUT2D eigenvalue weighted by Crippen LogP contribution is 2.24. The van der Waals surface area contributed by atoms with Crippen LogP contribution >= 0.6 is 0 Å². The van der Waals surface area contributed by atoms with Crippen LogP contribution in [0.15, 0.2) is 24.3 Å². The Morgan fingerprint density at radius 1 is 1.22 bits per heavy atom. The molecule has 1 aliphatic heterocycles. The van der Waals surface area contributed by atoms with Gasteiger partial charge in [-0.05, 0) is 19.4 Å². The van der Waals surface area contributed by atoms with E-state index >= 15 is 0 Å². The number of nitrogens with one attached hydrogen (secondary N) is 3. The molecule has 0 saturated carbocycles. The fourth-order valence-electron chi connectivity index (χ4n) is 1.89. The van der Waals surface area contributed by atoms with Crippen molar-refractivity contribution in [3.63, 3.8) is 0 Å². The Morgan fingerprint density at radius 2 is 1.78 bits per heavy atom. The first kappa shape index (κ1) is 12.9. The first-order chi connectivity index (χ1) is 8.39. The molecule has 1 aromatic carbocycles. The summed E-state index contributed by atoms with van der Waals surface area (Å²) in [7, 11) is 0. The monoisotopic (exact) mass is 247 g/mol. The lowest BCUT2D eigenvalue weighted by atomic mass is 9.90. The van der Waals surface area contributed by atoms with Gasteiger partial charge in [0.25, 0.3) is 0 Å². The van der Waals surface area contributed by atoms with Gasteiger partial charge >= 0.3 is 0 Å². The second-order valence-electron chi connectivity index (χ2n) is 5.19. The van der Waals surface area contributed by atoms with E-state index in [4.69, 9.17) is 10.8 Å². The zero-order valence-corrected chi connectivity index (χ0v) is 10.7. The summed E-state index contributed by atoms with van der Waals surface area (Å²) in [6.07, 6.45) is 0. The van der Waals surface area contributed by atoms with E-state index in [0.717, 1.165) is 13.1 Å². The maximum absolute atomic E-state index is 13.7. The third kappa shape index (κ3) is 2.48. The van der Waals surface area contributed by atoms with E-state index in [9.17, 15) is 4.39 Å². The summed E-state index contributed by atoms with van der Waals surface area (Å²) < 4.78 is 13.7. The highest BCUT2D eigenvalue weighted by molar-refractivity contribution is 6.46. The molecule has 0 unspecified atom stereocenters. The van der Waals surface area contributed by atoms with Gasteiger partial charge in [0, 0.05) is 24.6 Å². The quantitative estimate of drug-likeness (QED) is 0.703. The lowest BCUT2D eigenvalue weighted by Gasteiger charge is -2.28. The Balaban J connectivity index is 2.14. The molecular formula is C14H18FN3. The van der Waals surface area contributed by atoms with Gasteiger partial charge in [0.2, 0.25) is 0 Å². The van der Waals surface area contributed by atoms with E-state index in [1.807, 2.05) is 0 Å². The molecule has 2 rings (SSSR count). The Labute approximate surface area is 106 Å². The number of hydrogen-bond acceptors (Lipinski definition) is 3. The van der Waals surface area contributed by atoms with Gasteiger partial charge in [-0.1, -0.05) is 24.3 Å². The zero-order chi connectivity index (χ0) is 13.3. The summed E-state index contributed by atoms with van der Waals surface area (Å²) in [5.74, 6) is 0.148. The van der Waals surface area contributed by atoms with Crippen LogP contribution in [0, 0.1) is 16.7 Å². The predicted octanol–water partition coefficient (Wildman–Crippen LogP) is 2.50. The van der Waals surface area contributed by atoms with Crippen molar-refractivity contribution in [2.75, 3.05) is 13.1 Å². The Morgan fingerprint density at radius 3 is 2.17 bits per heavy atom. The van der Waals surface area contributed by atoms with Crippen molar-refractivity contribution in [3.8, 4) is 0 Å². The van der Waals surface area contributed by atoms with Crippen LogP contribution in [0.25, 0.3) is 0 Å². The van der Waals surface area contributed by atoms with Crippen LogP contribution in [-0.4, -0.2) is 24.5 Å². The molecule has 1 heterocycles. The molecule has 0 aromatic heterocycles. The van der Waals surface area contributed by atoms with E-state index in [1.54, 1.807) is 24.3 Å². The van der Waals surface area contributed by atoms with Crippen LogP contribution in [0.3, 0.4) is 0 Å². The van der Waals surface area contributed by atoms with E-state index in [1.165, 1.54) is 13.8 Å². The summed E-state index contributed by atoms with van der Waals surface area (Å²) in [6.45, 7) is 4.57. The number of hydrogen-bond donors (Lipinski definition) is 3. The predicted molar refractivity (Wildman–Crippen MR) is 71.5 cm³/mol. The standard InChI is InChI=1S/C14H18FN3/c1-14(2,15)11-5-3-9(4-6-11)12(16)13(17)10-7-18-8-10/h3-6,10,16-18H,7-8H2,1-2H3. The maximum Gasteiger partial charge on any atom is 0.130 e. The second kappa shape index (κ2) is 4.61. The Bertz CT molecular complexity index is 467. The summed E-state index contributed by atoms with van der Waals surface area (Å²) in [5, 5.41) is 19.0. The fraction of sp³-hybridized carbons (Fsp3) is 0.429. The van der Waals surface area contributed by atoms with E-state index < -0.39 is 5.67 Å². The van der Waals surface area contributed by atoms with Crippen LogP contribution in [-0.2, 0) is 5.67 Å².